The molecule has 3 N–H and O–H groups in total. The molecule has 4 nitrogen and oxygen atoms in total. The fraction of sp³-hybridized carbons (Fsp3) is 0.105. The number of fused-ring (bicyclic) bond motifs is 1. The number of phenols is 2. The first-order chi connectivity index (χ1) is 11.1. The number of amides is 1. The smallest absolute Gasteiger partial charge is 0.255 e. The normalized spacial score (nSPS) is 10.6. The predicted molar refractivity (Wildman–Crippen MR) is 89.8 cm³/mol. The number of benzene rings is 3. The third-order valence-corrected chi connectivity index (χ3v) is 3.74. The minimum atomic E-state index is -0.299. The van der Waals surface area contributed by atoms with Gasteiger partial charge in [0.25, 0.3) is 5.91 Å². The molecule has 1 amide bonds. The van der Waals surface area contributed by atoms with Gasteiger partial charge in [0.1, 0.15) is 11.5 Å². The Morgan fingerprint density at radius 3 is 2.26 bits per heavy atom. The van der Waals surface area contributed by atoms with Crippen LogP contribution < -0.4 is 5.32 Å². The highest BCUT2D eigenvalue weighted by Gasteiger charge is 2.11. The van der Waals surface area contributed by atoms with Gasteiger partial charge < -0.3 is 15.5 Å². The molecule has 0 aliphatic carbocycles. The maximum absolute atomic E-state index is 12.2. The van der Waals surface area contributed by atoms with Crippen molar-refractivity contribution in [2.75, 3.05) is 6.54 Å². The molecule has 4 heteroatoms. The van der Waals surface area contributed by atoms with Gasteiger partial charge in [-0.3, -0.25) is 4.79 Å². The summed E-state index contributed by atoms with van der Waals surface area (Å²) < 4.78 is 0. The molecule has 0 aliphatic heterocycles. The number of hydrogen-bond donors (Lipinski definition) is 3. The molecule has 0 heterocycles. The van der Waals surface area contributed by atoms with Crippen LogP contribution in [0.25, 0.3) is 10.8 Å². The monoisotopic (exact) mass is 307 g/mol. The third kappa shape index (κ3) is 3.43. The Morgan fingerprint density at radius 2 is 1.57 bits per heavy atom. The quantitative estimate of drug-likeness (QED) is 0.693. The summed E-state index contributed by atoms with van der Waals surface area (Å²) in [5.41, 5.74) is 1.29. The minimum absolute atomic E-state index is 0.0224. The van der Waals surface area contributed by atoms with Crippen LogP contribution in [0.2, 0.25) is 0 Å². The minimum Gasteiger partial charge on any atom is -0.508 e. The van der Waals surface area contributed by atoms with Crippen molar-refractivity contribution in [3.05, 3.63) is 71.8 Å². The van der Waals surface area contributed by atoms with Gasteiger partial charge in [0.2, 0.25) is 0 Å². The standard InChI is InChI=1S/C19H17NO3/c21-16-7-5-13(6-8-16)9-10-20-19(23)17-11-14-3-1-2-4-15(14)12-18(17)22/h1-8,11-12,21-22H,9-10H2,(H,20,23). The molecule has 0 aliphatic rings. The van der Waals surface area contributed by atoms with Gasteiger partial charge in [-0.2, -0.15) is 0 Å². The summed E-state index contributed by atoms with van der Waals surface area (Å²) in [4.78, 5) is 12.2. The Bertz CT molecular complexity index is 841. The van der Waals surface area contributed by atoms with E-state index in [1.807, 2.05) is 36.4 Å². The van der Waals surface area contributed by atoms with Crippen LogP contribution in [-0.2, 0) is 6.42 Å². The molecule has 23 heavy (non-hydrogen) atoms. The van der Waals surface area contributed by atoms with Crippen molar-refractivity contribution in [3.8, 4) is 11.5 Å². The summed E-state index contributed by atoms with van der Waals surface area (Å²) in [6, 6.07) is 17.7. The average molecular weight is 307 g/mol. The van der Waals surface area contributed by atoms with Crippen LogP contribution in [0, 0.1) is 0 Å². The number of aromatic hydroxyl groups is 2. The van der Waals surface area contributed by atoms with E-state index in [2.05, 4.69) is 5.32 Å². The van der Waals surface area contributed by atoms with E-state index in [4.69, 9.17) is 0 Å². The van der Waals surface area contributed by atoms with E-state index in [0.717, 1.165) is 16.3 Å². The first-order valence-electron chi connectivity index (χ1n) is 7.41. The molecule has 0 unspecified atom stereocenters. The molecule has 0 saturated carbocycles. The fourth-order valence-electron chi connectivity index (χ4n) is 2.49. The highest BCUT2D eigenvalue weighted by Crippen LogP contribution is 2.24. The zero-order valence-corrected chi connectivity index (χ0v) is 12.5. The molecular weight excluding hydrogens is 290 g/mol. The van der Waals surface area contributed by atoms with Crippen LogP contribution in [0.1, 0.15) is 15.9 Å². The summed E-state index contributed by atoms with van der Waals surface area (Å²) in [6.45, 7) is 0.454. The second-order valence-corrected chi connectivity index (χ2v) is 5.39. The van der Waals surface area contributed by atoms with Gasteiger partial charge in [0.05, 0.1) is 5.56 Å². The number of nitrogens with one attached hydrogen (secondary N) is 1. The zero-order chi connectivity index (χ0) is 16.2. The summed E-state index contributed by atoms with van der Waals surface area (Å²) >= 11 is 0. The molecule has 3 aromatic rings. The summed E-state index contributed by atoms with van der Waals surface area (Å²) in [7, 11) is 0. The van der Waals surface area contributed by atoms with Gasteiger partial charge in [-0.1, -0.05) is 36.4 Å². The van der Waals surface area contributed by atoms with Crippen molar-refractivity contribution in [3.63, 3.8) is 0 Å². The maximum Gasteiger partial charge on any atom is 0.255 e. The van der Waals surface area contributed by atoms with E-state index in [9.17, 15) is 15.0 Å². The van der Waals surface area contributed by atoms with Crippen molar-refractivity contribution >= 4 is 16.7 Å². The number of carbonyl (C=O) groups excluding carboxylic acids is 1. The number of phenolic OH excluding ortho intramolecular Hbond substituents is 2. The van der Waals surface area contributed by atoms with Crippen LogP contribution in [0.4, 0.5) is 0 Å². The lowest BCUT2D eigenvalue weighted by molar-refractivity contribution is 0.0951. The largest absolute Gasteiger partial charge is 0.508 e. The van der Waals surface area contributed by atoms with Crippen LogP contribution in [-0.4, -0.2) is 22.7 Å². The van der Waals surface area contributed by atoms with Gasteiger partial charge in [-0.15, -0.1) is 0 Å². The Hall–Kier alpha value is -3.01. The van der Waals surface area contributed by atoms with Crippen LogP contribution >= 0.6 is 0 Å². The molecule has 116 valence electrons. The van der Waals surface area contributed by atoms with Crippen LogP contribution in [0.15, 0.2) is 60.7 Å². The molecule has 0 radical (unpaired) electrons. The van der Waals surface area contributed by atoms with E-state index >= 15 is 0 Å². The van der Waals surface area contributed by atoms with Gasteiger partial charge in [0, 0.05) is 6.54 Å². The molecule has 0 fully saturated rings. The molecule has 0 bridgehead atoms. The summed E-state index contributed by atoms with van der Waals surface area (Å²) in [6.07, 6.45) is 0.653. The Labute approximate surface area is 134 Å². The molecule has 3 rings (SSSR count). The second-order valence-electron chi connectivity index (χ2n) is 5.39. The van der Waals surface area contributed by atoms with Crippen molar-refractivity contribution in [1.82, 2.24) is 5.32 Å². The van der Waals surface area contributed by atoms with Crippen molar-refractivity contribution in [2.45, 2.75) is 6.42 Å². The fourth-order valence-corrected chi connectivity index (χ4v) is 2.49. The third-order valence-electron chi connectivity index (χ3n) is 3.74. The van der Waals surface area contributed by atoms with Gasteiger partial charge in [-0.25, -0.2) is 0 Å². The van der Waals surface area contributed by atoms with Gasteiger partial charge in [-0.05, 0) is 47.0 Å². The number of hydrogen-bond acceptors (Lipinski definition) is 3. The topological polar surface area (TPSA) is 69.6 Å². The predicted octanol–water partition coefficient (Wildman–Crippen LogP) is 3.22. The van der Waals surface area contributed by atoms with Crippen molar-refractivity contribution in [1.29, 1.82) is 0 Å². The first kappa shape index (κ1) is 14.9. The SMILES string of the molecule is O=C(NCCc1ccc(O)cc1)c1cc2ccccc2cc1O. The lowest BCUT2D eigenvalue weighted by Gasteiger charge is -2.08. The second kappa shape index (κ2) is 6.40. The first-order valence-corrected chi connectivity index (χ1v) is 7.41. The van der Waals surface area contributed by atoms with Crippen molar-refractivity contribution < 1.29 is 15.0 Å². The Kier molecular flexibility index (Phi) is 4.15. The molecular formula is C19H17NO3. The van der Waals surface area contributed by atoms with Crippen LogP contribution in [0.3, 0.4) is 0 Å². The van der Waals surface area contributed by atoms with E-state index < -0.39 is 0 Å². The summed E-state index contributed by atoms with van der Waals surface area (Å²) in [5, 5.41) is 23.9. The van der Waals surface area contributed by atoms with E-state index in [1.54, 1.807) is 24.3 Å². The van der Waals surface area contributed by atoms with Gasteiger partial charge in [0.15, 0.2) is 0 Å². The molecule has 0 atom stereocenters. The van der Waals surface area contributed by atoms with E-state index in [1.165, 1.54) is 0 Å². The number of carbonyl (C=O) groups is 1. The highest BCUT2D eigenvalue weighted by atomic mass is 16.3. The lowest BCUT2D eigenvalue weighted by atomic mass is 10.1. The molecule has 3 aromatic carbocycles. The molecule has 0 saturated heterocycles. The molecule has 0 aromatic heterocycles. The highest BCUT2D eigenvalue weighted by molar-refractivity contribution is 6.01. The Balaban J connectivity index is 1.68. The van der Waals surface area contributed by atoms with Gasteiger partial charge >= 0.3 is 0 Å². The average Bonchev–Trinajstić information content (AvgIpc) is 2.56. The Morgan fingerprint density at radius 1 is 0.913 bits per heavy atom. The van der Waals surface area contributed by atoms with Crippen molar-refractivity contribution in [2.24, 2.45) is 0 Å². The lowest BCUT2D eigenvalue weighted by Crippen LogP contribution is -2.25. The van der Waals surface area contributed by atoms with E-state index in [0.29, 0.717) is 13.0 Å². The summed E-state index contributed by atoms with van der Waals surface area (Å²) in [5.74, 6) is -0.100. The number of rotatable bonds is 4. The zero-order valence-electron chi connectivity index (χ0n) is 12.5. The maximum atomic E-state index is 12.2. The van der Waals surface area contributed by atoms with Crippen LogP contribution in [0.5, 0.6) is 11.5 Å². The molecule has 0 spiro atoms. The van der Waals surface area contributed by atoms with E-state index in [-0.39, 0.29) is 23.0 Å².